The molecule has 60 heavy (non-hydrogen) atoms. The highest BCUT2D eigenvalue weighted by Gasteiger charge is 2.37. The average Bonchev–Trinajstić information content (AvgIpc) is 3.66. The number of para-hydroxylation sites is 1. The van der Waals surface area contributed by atoms with Crippen LogP contribution in [0.4, 0.5) is 0 Å². The first-order valence-electron chi connectivity index (χ1n) is 21.2. The molecule has 0 aliphatic heterocycles. The van der Waals surface area contributed by atoms with Gasteiger partial charge in [0, 0.05) is 21.8 Å². The van der Waals surface area contributed by atoms with E-state index in [9.17, 15) is 0 Å². The molecule has 0 radical (unpaired) electrons. The van der Waals surface area contributed by atoms with Crippen molar-refractivity contribution in [3.8, 4) is 66.9 Å². The lowest BCUT2D eigenvalue weighted by Gasteiger charge is -2.23. The molecule has 0 spiro atoms. The smallest absolute Gasteiger partial charge is 0.0728 e. The fourth-order valence-electron chi connectivity index (χ4n) is 10.8. The quantitative estimate of drug-likeness (QED) is 0.163. The summed E-state index contributed by atoms with van der Waals surface area (Å²) in [6.07, 6.45) is 0. The van der Waals surface area contributed by atoms with Gasteiger partial charge in [0.15, 0.2) is 0 Å². The van der Waals surface area contributed by atoms with Crippen LogP contribution in [0.25, 0.3) is 99.3 Å². The molecule has 9 aromatic carbocycles. The largest absolute Gasteiger partial charge is 0.248 e. The predicted octanol–water partition coefficient (Wildman–Crippen LogP) is 15.8. The van der Waals surface area contributed by atoms with Gasteiger partial charge in [-0.05, 0) is 130 Å². The molecule has 10 aromatic rings. The molecular formula is C59H43N. The topological polar surface area (TPSA) is 12.9 Å². The minimum absolute atomic E-state index is 0.0830. The summed E-state index contributed by atoms with van der Waals surface area (Å²) in [7, 11) is 0. The van der Waals surface area contributed by atoms with Gasteiger partial charge in [0.25, 0.3) is 0 Å². The van der Waals surface area contributed by atoms with Crippen molar-refractivity contribution in [3.05, 3.63) is 210 Å². The van der Waals surface area contributed by atoms with Gasteiger partial charge in [-0.2, -0.15) is 0 Å². The average molecular weight is 766 g/mol. The lowest BCUT2D eigenvalue weighted by atomic mass is 9.80. The molecular weight excluding hydrogens is 723 g/mol. The van der Waals surface area contributed by atoms with Crippen molar-refractivity contribution in [1.82, 2.24) is 4.98 Å². The van der Waals surface area contributed by atoms with Gasteiger partial charge in [0.05, 0.1) is 11.2 Å². The normalized spacial score (nSPS) is 14.3. The second-order valence-electron chi connectivity index (χ2n) is 17.9. The number of fused-ring (bicyclic) bond motifs is 9. The van der Waals surface area contributed by atoms with Crippen molar-refractivity contribution in [3.63, 3.8) is 0 Å². The van der Waals surface area contributed by atoms with E-state index < -0.39 is 0 Å². The Morgan fingerprint density at radius 1 is 0.300 bits per heavy atom. The van der Waals surface area contributed by atoms with E-state index in [0.717, 1.165) is 16.6 Å². The van der Waals surface area contributed by atoms with Crippen molar-refractivity contribution in [2.45, 2.75) is 38.5 Å². The molecule has 0 amide bonds. The molecule has 0 N–H and O–H groups in total. The van der Waals surface area contributed by atoms with Crippen molar-refractivity contribution >= 4 is 32.4 Å². The van der Waals surface area contributed by atoms with Crippen LogP contribution in [0.1, 0.15) is 49.9 Å². The molecule has 1 heterocycles. The fourth-order valence-corrected chi connectivity index (χ4v) is 10.8. The van der Waals surface area contributed by atoms with E-state index in [-0.39, 0.29) is 10.8 Å². The summed E-state index contributed by atoms with van der Waals surface area (Å²) >= 11 is 0. The molecule has 1 nitrogen and oxygen atoms in total. The van der Waals surface area contributed by atoms with Crippen molar-refractivity contribution in [2.75, 3.05) is 0 Å². The van der Waals surface area contributed by atoms with Crippen LogP contribution in [0.5, 0.6) is 0 Å². The van der Waals surface area contributed by atoms with Gasteiger partial charge >= 0.3 is 0 Å². The Kier molecular flexibility index (Phi) is 7.39. The summed E-state index contributed by atoms with van der Waals surface area (Å²) < 4.78 is 0. The summed E-state index contributed by atoms with van der Waals surface area (Å²) in [6, 6.07) is 70.0. The molecule has 0 fully saturated rings. The highest BCUT2D eigenvalue weighted by molar-refractivity contribution is 6.22. The molecule has 0 saturated heterocycles. The van der Waals surface area contributed by atoms with E-state index in [2.05, 4.69) is 216 Å². The standard InChI is InChI=1S/C59H43N/c1-58(2)50-23-13-10-18-40(50)42-29-26-38(33-52(42)58)37-27-31-47-49(32-37)56(39-28-30-43-41-19-11-14-24-51(41)59(3,4)53(43)34-39)45-21-8-9-22-46(45)57(47)55-35-48(36-16-6-5-7-17-36)44-20-12-15-25-54(44)60-55/h5-35H,1-4H3. The second-order valence-corrected chi connectivity index (χ2v) is 17.9. The third-order valence-electron chi connectivity index (χ3n) is 13.9. The first kappa shape index (κ1) is 34.9. The highest BCUT2D eigenvalue weighted by Crippen LogP contribution is 2.53. The fraction of sp³-hybridized carbons (Fsp3) is 0.102. The molecule has 1 aromatic heterocycles. The first-order valence-corrected chi connectivity index (χ1v) is 21.2. The van der Waals surface area contributed by atoms with Gasteiger partial charge < -0.3 is 0 Å². The Bertz CT molecular complexity index is 3420. The number of rotatable bonds is 4. The SMILES string of the molecule is CC1(C)c2ccccc2-c2ccc(-c3ccc4c(-c5cc(-c6ccccc6)c6ccccc6n5)c5ccccc5c(-c5ccc6c(c5)C(C)(C)c5ccccc5-6)c4c3)cc21. The number of pyridine rings is 1. The third kappa shape index (κ3) is 4.96. The number of nitrogens with zero attached hydrogens (tertiary/aromatic N) is 1. The minimum atomic E-state index is -0.115. The van der Waals surface area contributed by atoms with Crippen LogP contribution >= 0.6 is 0 Å². The Labute approximate surface area is 351 Å². The zero-order valence-corrected chi connectivity index (χ0v) is 34.3. The molecule has 0 unspecified atom stereocenters. The van der Waals surface area contributed by atoms with Crippen molar-refractivity contribution in [2.24, 2.45) is 0 Å². The maximum absolute atomic E-state index is 5.48. The monoisotopic (exact) mass is 765 g/mol. The first-order chi connectivity index (χ1) is 29.3. The Morgan fingerprint density at radius 2 is 0.783 bits per heavy atom. The zero-order chi connectivity index (χ0) is 40.3. The van der Waals surface area contributed by atoms with Crippen LogP contribution in [-0.4, -0.2) is 4.98 Å². The van der Waals surface area contributed by atoms with Gasteiger partial charge in [-0.1, -0.05) is 185 Å². The maximum atomic E-state index is 5.48. The Balaban J connectivity index is 1.15. The zero-order valence-electron chi connectivity index (χ0n) is 34.3. The molecule has 284 valence electrons. The third-order valence-corrected chi connectivity index (χ3v) is 13.9. The summed E-state index contributed by atoms with van der Waals surface area (Å²) in [5.41, 5.74) is 21.2. The van der Waals surface area contributed by atoms with E-state index in [1.807, 2.05) is 0 Å². The molecule has 1 heteroatoms. The molecule has 0 bridgehead atoms. The van der Waals surface area contributed by atoms with Gasteiger partial charge in [0.2, 0.25) is 0 Å². The molecule has 2 aliphatic rings. The Morgan fingerprint density at radius 3 is 1.47 bits per heavy atom. The summed E-state index contributed by atoms with van der Waals surface area (Å²) in [5.74, 6) is 0. The van der Waals surface area contributed by atoms with Gasteiger partial charge in [0.1, 0.15) is 0 Å². The lowest BCUT2D eigenvalue weighted by molar-refractivity contribution is 0.660. The highest BCUT2D eigenvalue weighted by atomic mass is 14.7. The molecule has 12 rings (SSSR count). The van der Waals surface area contributed by atoms with Crippen LogP contribution in [-0.2, 0) is 10.8 Å². The van der Waals surface area contributed by atoms with E-state index >= 15 is 0 Å². The van der Waals surface area contributed by atoms with Gasteiger partial charge in [-0.25, -0.2) is 4.98 Å². The summed E-state index contributed by atoms with van der Waals surface area (Å²) in [4.78, 5) is 5.48. The number of hydrogen-bond acceptors (Lipinski definition) is 1. The number of hydrogen-bond donors (Lipinski definition) is 0. The van der Waals surface area contributed by atoms with E-state index in [1.165, 1.54) is 105 Å². The van der Waals surface area contributed by atoms with Gasteiger partial charge in [-0.3, -0.25) is 0 Å². The predicted molar refractivity (Wildman–Crippen MR) is 254 cm³/mol. The van der Waals surface area contributed by atoms with Crippen molar-refractivity contribution < 1.29 is 0 Å². The lowest BCUT2D eigenvalue weighted by Crippen LogP contribution is -2.15. The second kappa shape index (κ2) is 12.7. The number of benzene rings is 9. The van der Waals surface area contributed by atoms with E-state index in [1.54, 1.807) is 0 Å². The minimum Gasteiger partial charge on any atom is -0.248 e. The van der Waals surface area contributed by atoms with Crippen LogP contribution in [0, 0.1) is 0 Å². The summed E-state index contributed by atoms with van der Waals surface area (Å²) in [5, 5.41) is 6.02. The molecule has 2 aliphatic carbocycles. The number of aromatic nitrogens is 1. The van der Waals surface area contributed by atoms with Crippen LogP contribution in [0.2, 0.25) is 0 Å². The Hall–Kier alpha value is -7.09. The maximum Gasteiger partial charge on any atom is 0.0728 e. The molecule has 0 saturated carbocycles. The van der Waals surface area contributed by atoms with Gasteiger partial charge in [-0.15, -0.1) is 0 Å². The van der Waals surface area contributed by atoms with Crippen LogP contribution in [0.3, 0.4) is 0 Å². The van der Waals surface area contributed by atoms with Crippen molar-refractivity contribution in [1.29, 1.82) is 0 Å². The molecule has 0 atom stereocenters. The van der Waals surface area contributed by atoms with Crippen LogP contribution in [0.15, 0.2) is 188 Å². The van der Waals surface area contributed by atoms with Crippen LogP contribution < -0.4 is 0 Å². The van der Waals surface area contributed by atoms with E-state index in [4.69, 9.17) is 4.98 Å². The summed E-state index contributed by atoms with van der Waals surface area (Å²) in [6.45, 7) is 9.49. The van der Waals surface area contributed by atoms with E-state index in [0.29, 0.717) is 0 Å².